The average Bonchev–Trinajstić information content (AvgIpc) is 2.56. The Labute approximate surface area is 137 Å². The van der Waals surface area contributed by atoms with Crippen LogP contribution >= 0.6 is 0 Å². The van der Waals surface area contributed by atoms with Gasteiger partial charge in [0, 0.05) is 13.1 Å². The third-order valence-electron chi connectivity index (χ3n) is 3.51. The topological polar surface area (TPSA) is 50.4 Å². The third-order valence-corrected chi connectivity index (χ3v) is 3.51. The van der Waals surface area contributed by atoms with E-state index in [0.29, 0.717) is 19.7 Å². The minimum atomic E-state index is -0.147. The van der Waals surface area contributed by atoms with Gasteiger partial charge >= 0.3 is 6.03 Å². The van der Waals surface area contributed by atoms with Crippen molar-refractivity contribution in [2.45, 2.75) is 26.8 Å². The first-order valence-corrected chi connectivity index (χ1v) is 7.96. The van der Waals surface area contributed by atoms with E-state index < -0.39 is 0 Å². The minimum absolute atomic E-state index is 0.147. The van der Waals surface area contributed by atoms with Crippen LogP contribution in [0.4, 0.5) is 4.79 Å². The molecule has 0 saturated heterocycles. The van der Waals surface area contributed by atoms with Gasteiger partial charge < -0.3 is 15.4 Å². The van der Waals surface area contributed by atoms with E-state index in [1.807, 2.05) is 31.2 Å². The number of ether oxygens (including phenoxy) is 1. The van der Waals surface area contributed by atoms with Crippen LogP contribution in [-0.4, -0.2) is 19.2 Å². The van der Waals surface area contributed by atoms with Gasteiger partial charge in [-0.3, -0.25) is 0 Å². The number of carbonyl (C=O) groups is 1. The highest BCUT2D eigenvalue weighted by molar-refractivity contribution is 5.73. The monoisotopic (exact) mass is 312 g/mol. The fraction of sp³-hybridized carbons (Fsp3) is 0.316. The Morgan fingerprint density at radius 2 is 1.61 bits per heavy atom. The van der Waals surface area contributed by atoms with Crippen LogP contribution in [0.3, 0.4) is 0 Å². The Kier molecular flexibility index (Phi) is 6.48. The van der Waals surface area contributed by atoms with Crippen LogP contribution in [0.15, 0.2) is 48.5 Å². The quantitative estimate of drug-likeness (QED) is 0.823. The van der Waals surface area contributed by atoms with Gasteiger partial charge in [0.1, 0.15) is 5.75 Å². The van der Waals surface area contributed by atoms with Gasteiger partial charge in [0.05, 0.1) is 6.61 Å². The first-order chi connectivity index (χ1) is 11.2. The first-order valence-electron chi connectivity index (χ1n) is 7.96. The van der Waals surface area contributed by atoms with Crippen molar-refractivity contribution < 1.29 is 9.53 Å². The summed E-state index contributed by atoms with van der Waals surface area (Å²) in [6.45, 7) is 5.80. The van der Waals surface area contributed by atoms with Gasteiger partial charge in [-0.2, -0.15) is 0 Å². The fourth-order valence-electron chi connectivity index (χ4n) is 2.19. The molecule has 0 atom stereocenters. The summed E-state index contributed by atoms with van der Waals surface area (Å²) in [5.41, 5.74) is 3.51. The number of aryl methyl sites for hydroxylation is 1. The van der Waals surface area contributed by atoms with E-state index >= 15 is 0 Å². The second-order valence-corrected chi connectivity index (χ2v) is 5.42. The van der Waals surface area contributed by atoms with E-state index in [4.69, 9.17) is 4.74 Å². The Balaban J connectivity index is 1.67. The number of amides is 2. The summed E-state index contributed by atoms with van der Waals surface area (Å²) < 4.78 is 5.39. The number of rotatable bonds is 7. The molecule has 23 heavy (non-hydrogen) atoms. The van der Waals surface area contributed by atoms with E-state index in [1.54, 1.807) is 0 Å². The van der Waals surface area contributed by atoms with Gasteiger partial charge in [0.25, 0.3) is 0 Å². The van der Waals surface area contributed by atoms with E-state index in [1.165, 1.54) is 11.1 Å². The summed E-state index contributed by atoms with van der Waals surface area (Å²) in [4.78, 5) is 11.8. The Morgan fingerprint density at radius 1 is 0.957 bits per heavy atom. The zero-order chi connectivity index (χ0) is 16.5. The van der Waals surface area contributed by atoms with Crippen LogP contribution in [0.2, 0.25) is 0 Å². The molecular weight excluding hydrogens is 288 g/mol. The number of hydrogen-bond donors (Lipinski definition) is 2. The van der Waals surface area contributed by atoms with Gasteiger partial charge in [-0.25, -0.2) is 4.79 Å². The molecule has 0 bridgehead atoms. The maximum Gasteiger partial charge on any atom is 0.315 e. The van der Waals surface area contributed by atoms with Crippen LogP contribution < -0.4 is 15.4 Å². The third kappa shape index (κ3) is 6.02. The zero-order valence-corrected chi connectivity index (χ0v) is 13.8. The van der Waals surface area contributed by atoms with Crippen molar-refractivity contribution in [1.29, 1.82) is 0 Å². The molecule has 0 spiro atoms. The van der Waals surface area contributed by atoms with Crippen LogP contribution in [0.25, 0.3) is 0 Å². The Bertz CT molecular complexity index is 606. The van der Waals surface area contributed by atoms with Crippen molar-refractivity contribution in [3.63, 3.8) is 0 Å². The molecule has 0 aliphatic rings. The van der Waals surface area contributed by atoms with E-state index in [9.17, 15) is 4.79 Å². The first kappa shape index (κ1) is 16.9. The van der Waals surface area contributed by atoms with Crippen molar-refractivity contribution in [3.8, 4) is 5.75 Å². The van der Waals surface area contributed by atoms with E-state index in [-0.39, 0.29) is 6.03 Å². The van der Waals surface area contributed by atoms with Crippen molar-refractivity contribution in [3.05, 3.63) is 65.2 Å². The molecule has 0 fully saturated rings. The molecule has 2 amide bonds. The molecule has 2 aromatic rings. The molecule has 4 nitrogen and oxygen atoms in total. The zero-order valence-electron chi connectivity index (χ0n) is 13.8. The summed E-state index contributed by atoms with van der Waals surface area (Å²) in [6.07, 6.45) is 0.830. The van der Waals surface area contributed by atoms with Crippen molar-refractivity contribution in [1.82, 2.24) is 10.6 Å². The fourth-order valence-corrected chi connectivity index (χ4v) is 2.19. The molecule has 0 saturated carbocycles. The largest absolute Gasteiger partial charge is 0.494 e. The minimum Gasteiger partial charge on any atom is -0.494 e. The van der Waals surface area contributed by atoms with E-state index in [0.717, 1.165) is 17.7 Å². The van der Waals surface area contributed by atoms with Gasteiger partial charge in [-0.05, 0) is 43.5 Å². The maximum absolute atomic E-state index is 11.8. The highest BCUT2D eigenvalue weighted by Gasteiger charge is 2.01. The lowest BCUT2D eigenvalue weighted by Crippen LogP contribution is -2.36. The van der Waals surface area contributed by atoms with E-state index in [2.05, 4.69) is 41.8 Å². The number of carbonyl (C=O) groups excluding carboxylic acids is 1. The molecular formula is C19H24N2O2. The average molecular weight is 312 g/mol. The van der Waals surface area contributed by atoms with Crippen LogP contribution in [0.1, 0.15) is 23.6 Å². The van der Waals surface area contributed by atoms with Crippen LogP contribution in [-0.2, 0) is 13.0 Å². The lowest BCUT2D eigenvalue weighted by molar-refractivity contribution is 0.240. The number of hydrogen-bond acceptors (Lipinski definition) is 2. The lowest BCUT2D eigenvalue weighted by Gasteiger charge is -2.09. The molecule has 0 radical (unpaired) electrons. The molecule has 0 heterocycles. The molecule has 0 aliphatic heterocycles. The number of urea groups is 1. The highest BCUT2D eigenvalue weighted by Crippen LogP contribution is 2.11. The Hall–Kier alpha value is -2.49. The molecule has 2 aromatic carbocycles. The summed E-state index contributed by atoms with van der Waals surface area (Å²) in [5, 5.41) is 5.73. The summed E-state index contributed by atoms with van der Waals surface area (Å²) in [5.74, 6) is 0.846. The smallest absolute Gasteiger partial charge is 0.315 e. The maximum atomic E-state index is 11.8. The lowest BCUT2D eigenvalue weighted by atomic mass is 10.1. The van der Waals surface area contributed by atoms with Crippen LogP contribution in [0.5, 0.6) is 5.75 Å². The summed E-state index contributed by atoms with van der Waals surface area (Å²) >= 11 is 0. The second kappa shape index (κ2) is 8.83. The predicted molar refractivity (Wildman–Crippen MR) is 92.7 cm³/mol. The molecule has 0 aromatic heterocycles. The molecule has 2 N–H and O–H groups in total. The number of nitrogens with one attached hydrogen (secondary N) is 2. The van der Waals surface area contributed by atoms with Gasteiger partial charge in [0.2, 0.25) is 0 Å². The van der Waals surface area contributed by atoms with Gasteiger partial charge in [-0.15, -0.1) is 0 Å². The second-order valence-electron chi connectivity index (χ2n) is 5.42. The van der Waals surface area contributed by atoms with Crippen LogP contribution in [0, 0.1) is 6.92 Å². The molecule has 2 rings (SSSR count). The predicted octanol–water partition coefficient (Wildman–Crippen LogP) is 3.44. The molecule has 0 unspecified atom stereocenters. The Morgan fingerprint density at radius 3 is 2.26 bits per heavy atom. The normalized spacial score (nSPS) is 10.2. The molecule has 0 aliphatic carbocycles. The van der Waals surface area contributed by atoms with Gasteiger partial charge in [0.15, 0.2) is 0 Å². The summed E-state index contributed by atoms with van der Waals surface area (Å²) in [6, 6.07) is 15.9. The highest BCUT2D eigenvalue weighted by atomic mass is 16.5. The summed E-state index contributed by atoms with van der Waals surface area (Å²) in [7, 11) is 0. The van der Waals surface area contributed by atoms with Crippen molar-refractivity contribution in [2.24, 2.45) is 0 Å². The standard InChI is InChI=1S/C19H24N2O2/c1-3-23-18-10-8-17(9-11-18)14-21-19(22)20-13-12-16-6-4-15(2)5-7-16/h4-11H,3,12-14H2,1-2H3,(H2,20,21,22). The number of benzene rings is 2. The van der Waals surface area contributed by atoms with Crippen molar-refractivity contribution >= 4 is 6.03 Å². The molecule has 122 valence electrons. The van der Waals surface area contributed by atoms with Crippen molar-refractivity contribution in [2.75, 3.05) is 13.2 Å². The van der Waals surface area contributed by atoms with Gasteiger partial charge in [-0.1, -0.05) is 42.0 Å². The SMILES string of the molecule is CCOc1ccc(CNC(=O)NCCc2ccc(C)cc2)cc1. The molecule has 4 heteroatoms.